The van der Waals surface area contributed by atoms with Crippen molar-refractivity contribution in [2.75, 3.05) is 12.3 Å². The molecule has 1 saturated carbocycles. The molecular formula is C11H21NO2S. The lowest BCUT2D eigenvalue weighted by Crippen LogP contribution is -2.31. The highest BCUT2D eigenvalue weighted by Gasteiger charge is 2.37. The number of sulfone groups is 1. The molecule has 2 fully saturated rings. The van der Waals surface area contributed by atoms with Gasteiger partial charge >= 0.3 is 0 Å². The largest absolute Gasteiger partial charge is 0.313 e. The Morgan fingerprint density at radius 2 is 2.07 bits per heavy atom. The predicted molar refractivity (Wildman–Crippen MR) is 61.6 cm³/mol. The third-order valence-electron chi connectivity index (χ3n) is 3.49. The van der Waals surface area contributed by atoms with Gasteiger partial charge in [-0.25, -0.2) is 8.42 Å². The summed E-state index contributed by atoms with van der Waals surface area (Å²) in [5.41, 5.74) is 0. The lowest BCUT2D eigenvalue weighted by Gasteiger charge is -2.10. The number of rotatable bonds is 5. The molecule has 2 rings (SSSR count). The van der Waals surface area contributed by atoms with Crippen molar-refractivity contribution in [2.24, 2.45) is 5.92 Å². The third-order valence-corrected chi connectivity index (χ3v) is 5.80. The first-order valence-electron chi connectivity index (χ1n) is 6.06. The molecule has 0 amide bonds. The van der Waals surface area contributed by atoms with Crippen LogP contribution >= 0.6 is 0 Å². The molecule has 4 heteroatoms. The average Bonchev–Trinajstić information content (AvgIpc) is 2.92. The molecule has 2 atom stereocenters. The molecule has 1 aliphatic heterocycles. The molecular weight excluding hydrogens is 210 g/mol. The summed E-state index contributed by atoms with van der Waals surface area (Å²) < 4.78 is 23.6. The van der Waals surface area contributed by atoms with Gasteiger partial charge in [-0.2, -0.15) is 0 Å². The standard InChI is InChI=1S/C11H21NO2S/c1-2-3-11-6-10(8-15(11,13)14)12-7-9-4-5-9/h9-12H,2-8H2,1H3/t10?,11-/m1/s1. The van der Waals surface area contributed by atoms with Crippen LogP contribution in [0.15, 0.2) is 0 Å². The minimum Gasteiger partial charge on any atom is -0.313 e. The molecule has 1 saturated heterocycles. The Morgan fingerprint density at radius 1 is 1.33 bits per heavy atom. The first kappa shape index (κ1) is 11.4. The smallest absolute Gasteiger partial charge is 0.154 e. The first-order chi connectivity index (χ1) is 7.12. The third kappa shape index (κ3) is 2.94. The summed E-state index contributed by atoms with van der Waals surface area (Å²) >= 11 is 0. The first-order valence-corrected chi connectivity index (χ1v) is 7.78. The topological polar surface area (TPSA) is 46.2 Å². The molecule has 1 aliphatic carbocycles. The normalized spacial score (nSPS) is 34.5. The van der Waals surface area contributed by atoms with E-state index in [2.05, 4.69) is 12.2 Å². The predicted octanol–water partition coefficient (Wildman–Crippen LogP) is 1.34. The monoisotopic (exact) mass is 231 g/mol. The zero-order valence-corrected chi connectivity index (χ0v) is 10.2. The van der Waals surface area contributed by atoms with Crippen LogP contribution in [0.25, 0.3) is 0 Å². The Morgan fingerprint density at radius 3 is 2.67 bits per heavy atom. The molecule has 1 N–H and O–H groups in total. The Bertz CT molecular complexity index is 309. The van der Waals surface area contributed by atoms with Crippen molar-refractivity contribution < 1.29 is 8.42 Å². The summed E-state index contributed by atoms with van der Waals surface area (Å²) in [5.74, 6) is 1.20. The fourth-order valence-electron chi connectivity index (χ4n) is 2.37. The summed E-state index contributed by atoms with van der Waals surface area (Å²) in [4.78, 5) is 0. The molecule has 0 aromatic carbocycles. The van der Waals surface area contributed by atoms with Crippen LogP contribution in [0.3, 0.4) is 0 Å². The molecule has 1 heterocycles. The quantitative estimate of drug-likeness (QED) is 0.776. The molecule has 2 aliphatic rings. The van der Waals surface area contributed by atoms with Crippen molar-refractivity contribution in [1.82, 2.24) is 5.32 Å². The van der Waals surface area contributed by atoms with Crippen LogP contribution in [-0.4, -0.2) is 32.0 Å². The molecule has 0 bridgehead atoms. The second-order valence-corrected chi connectivity index (χ2v) is 7.35. The van der Waals surface area contributed by atoms with E-state index in [9.17, 15) is 8.42 Å². The summed E-state index contributed by atoms with van der Waals surface area (Å²) in [6, 6.07) is 0.229. The van der Waals surface area contributed by atoms with Gasteiger partial charge in [-0.1, -0.05) is 13.3 Å². The Labute approximate surface area is 92.6 Å². The lowest BCUT2D eigenvalue weighted by atomic mass is 10.1. The molecule has 0 radical (unpaired) electrons. The van der Waals surface area contributed by atoms with Gasteiger partial charge in [0.05, 0.1) is 11.0 Å². The van der Waals surface area contributed by atoms with E-state index in [1.165, 1.54) is 12.8 Å². The molecule has 3 nitrogen and oxygen atoms in total. The van der Waals surface area contributed by atoms with E-state index in [1.807, 2.05) is 0 Å². The maximum absolute atomic E-state index is 11.8. The molecule has 0 aromatic heterocycles. The van der Waals surface area contributed by atoms with Gasteiger partial charge in [-0.05, 0) is 38.1 Å². The van der Waals surface area contributed by atoms with Gasteiger partial charge in [0.15, 0.2) is 9.84 Å². The van der Waals surface area contributed by atoms with Crippen LogP contribution in [0.1, 0.15) is 39.0 Å². The van der Waals surface area contributed by atoms with Gasteiger partial charge in [0.25, 0.3) is 0 Å². The highest BCUT2D eigenvalue weighted by molar-refractivity contribution is 7.92. The Kier molecular flexibility index (Phi) is 3.36. The van der Waals surface area contributed by atoms with E-state index in [0.29, 0.717) is 5.75 Å². The Hall–Kier alpha value is -0.0900. The van der Waals surface area contributed by atoms with Gasteiger partial charge in [-0.15, -0.1) is 0 Å². The van der Waals surface area contributed by atoms with Crippen LogP contribution in [0.4, 0.5) is 0 Å². The van der Waals surface area contributed by atoms with E-state index in [-0.39, 0.29) is 11.3 Å². The number of hydrogen-bond donors (Lipinski definition) is 1. The van der Waals surface area contributed by atoms with Gasteiger partial charge in [0.1, 0.15) is 0 Å². The van der Waals surface area contributed by atoms with Crippen molar-refractivity contribution >= 4 is 9.84 Å². The highest BCUT2D eigenvalue weighted by Crippen LogP contribution is 2.29. The average molecular weight is 231 g/mol. The molecule has 88 valence electrons. The summed E-state index contributed by atoms with van der Waals surface area (Å²) in [7, 11) is -2.79. The summed E-state index contributed by atoms with van der Waals surface area (Å²) in [6.07, 6.45) is 5.29. The van der Waals surface area contributed by atoms with Gasteiger partial charge in [0, 0.05) is 6.04 Å². The van der Waals surface area contributed by atoms with Crippen molar-refractivity contribution in [3.63, 3.8) is 0 Å². The minimum absolute atomic E-state index is 0.0702. The summed E-state index contributed by atoms with van der Waals surface area (Å²) in [5, 5.41) is 3.34. The SMILES string of the molecule is CCC[C@@H]1CC(NCC2CC2)CS1(=O)=O. The van der Waals surface area contributed by atoms with Crippen LogP contribution in [0, 0.1) is 5.92 Å². The minimum atomic E-state index is -2.79. The van der Waals surface area contributed by atoms with Gasteiger partial charge < -0.3 is 5.32 Å². The molecule has 0 aromatic rings. The van der Waals surface area contributed by atoms with Crippen molar-refractivity contribution in [2.45, 2.75) is 50.3 Å². The Balaban J connectivity index is 1.83. The van der Waals surface area contributed by atoms with E-state index in [1.54, 1.807) is 0 Å². The van der Waals surface area contributed by atoms with E-state index in [0.717, 1.165) is 31.7 Å². The lowest BCUT2D eigenvalue weighted by molar-refractivity contribution is 0.506. The van der Waals surface area contributed by atoms with E-state index < -0.39 is 9.84 Å². The van der Waals surface area contributed by atoms with E-state index in [4.69, 9.17) is 0 Å². The zero-order chi connectivity index (χ0) is 10.9. The van der Waals surface area contributed by atoms with Crippen molar-refractivity contribution in [3.05, 3.63) is 0 Å². The van der Waals surface area contributed by atoms with Crippen molar-refractivity contribution in [1.29, 1.82) is 0 Å². The zero-order valence-electron chi connectivity index (χ0n) is 9.41. The van der Waals surface area contributed by atoms with Gasteiger partial charge in [0.2, 0.25) is 0 Å². The molecule has 15 heavy (non-hydrogen) atoms. The number of nitrogens with one attached hydrogen (secondary N) is 1. The van der Waals surface area contributed by atoms with E-state index >= 15 is 0 Å². The van der Waals surface area contributed by atoms with Crippen molar-refractivity contribution in [3.8, 4) is 0 Å². The second kappa shape index (κ2) is 4.42. The van der Waals surface area contributed by atoms with Crippen LogP contribution in [0.5, 0.6) is 0 Å². The maximum atomic E-state index is 11.8. The maximum Gasteiger partial charge on any atom is 0.154 e. The second-order valence-electron chi connectivity index (χ2n) is 5.02. The molecule has 0 spiro atoms. The summed E-state index contributed by atoms with van der Waals surface area (Å²) in [6.45, 7) is 3.08. The van der Waals surface area contributed by atoms with Gasteiger partial charge in [-0.3, -0.25) is 0 Å². The number of hydrogen-bond acceptors (Lipinski definition) is 3. The highest BCUT2D eigenvalue weighted by atomic mass is 32.2. The van der Waals surface area contributed by atoms with Crippen LogP contribution < -0.4 is 5.32 Å². The van der Waals surface area contributed by atoms with Crippen LogP contribution in [-0.2, 0) is 9.84 Å². The molecule has 1 unspecified atom stereocenters. The fraction of sp³-hybridized carbons (Fsp3) is 1.00. The van der Waals surface area contributed by atoms with Crippen LogP contribution in [0.2, 0.25) is 0 Å². The fourth-order valence-corrected chi connectivity index (χ4v) is 4.57.